The molecule has 15 heavy (non-hydrogen) atoms. The maximum Gasteiger partial charge on any atom is 0.150 e. The van der Waals surface area contributed by atoms with Crippen LogP contribution in [0.15, 0.2) is 0 Å². The van der Waals surface area contributed by atoms with Crippen molar-refractivity contribution in [3.05, 3.63) is 0 Å². The summed E-state index contributed by atoms with van der Waals surface area (Å²) in [6.45, 7) is 9.51. The first kappa shape index (κ1) is 9.79. The molecule has 0 N–H and O–H groups in total. The Morgan fingerprint density at radius 3 is 1.73 bits per heavy atom. The number of carbonyl (C=O) groups excluding carboxylic acids is 1. The highest BCUT2D eigenvalue weighted by Gasteiger charge is 2.61. The Kier molecular flexibility index (Phi) is 1.85. The molecule has 4 aliphatic heterocycles. The Morgan fingerprint density at radius 2 is 1.40 bits per heavy atom. The van der Waals surface area contributed by atoms with Crippen LogP contribution >= 0.6 is 0 Å². The summed E-state index contributed by atoms with van der Waals surface area (Å²) < 4.78 is 0. The van der Waals surface area contributed by atoms with Gasteiger partial charge in [-0.3, -0.25) is 14.6 Å². The molecule has 0 aromatic rings. The monoisotopic (exact) mass is 208 g/mol. The zero-order valence-electron chi connectivity index (χ0n) is 9.75. The minimum Gasteiger partial charge on any atom is -0.298 e. The van der Waals surface area contributed by atoms with Gasteiger partial charge in [0, 0.05) is 26.2 Å². The average Bonchev–Trinajstić information content (AvgIpc) is 2.24. The van der Waals surface area contributed by atoms with Crippen molar-refractivity contribution in [3.8, 4) is 0 Å². The topological polar surface area (TPSA) is 23.6 Å². The molecule has 0 unspecified atom stereocenters. The molecule has 4 rings (SSSR count). The average molecular weight is 208 g/mol. The third-order valence-electron chi connectivity index (χ3n) is 4.82. The van der Waals surface area contributed by atoms with Crippen molar-refractivity contribution in [2.45, 2.75) is 26.7 Å². The maximum absolute atomic E-state index is 12.6. The SMILES string of the molecule is CCC12CN3CN(C1)CC(CC)(C3)C2=O. The number of rotatable bonds is 2. The minimum absolute atomic E-state index is 0.0231. The van der Waals surface area contributed by atoms with Gasteiger partial charge in [0.2, 0.25) is 0 Å². The second kappa shape index (κ2) is 2.83. The van der Waals surface area contributed by atoms with Gasteiger partial charge in [0.1, 0.15) is 5.78 Å². The van der Waals surface area contributed by atoms with Crippen LogP contribution in [0.3, 0.4) is 0 Å². The highest BCUT2D eigenvalue weighted by molar-refractivity contribution is 5.93. The van der Waals surface area contributed by atoms with Crippen molar-refractivity contribution in [1.82, 2.24) is 9.80 Å². The van der Waals surface area contributed by atoms with Crippen molar-refractivity contribution in [1.29, 1.82) is 0 Å². The number of piperidine rings is 2. The molecule has 0 aromatic heterocycles. The third kappa shape index (κ3) is 1.06. The molecule has 0 amide bonds. The van der Waals surface area contributed by atoms with Crippen molar-refractivity contribution < 1.29 is 4.79 Å². The molecule has 84 valence electrons. The van der Waals surface area contributed by atoms with E-state index in [2.05, 4.69) is 23.6 Å². The summed E-state index contributed by atoms with van der Waals surface area (Å²) in [6.07, 6.45) is 2.03. The molecule has 0 saturated carbocycles. The van der Waals surface area contributed by atoms with Crippen LogP contribution in [0.2, 0.25) is 0 Å². The summed E-state index contributed by atoms with van der Waals surface area (Å²) >= 11 is 0. The lowest BCUT2D eigenvalue weighted by atomic mass is 9.59. The van der Waals surface area contributed by atoms with Crippen LogP contribution in [0.4, 0.5) is 0 Å². The molecule has 0 aliphatic carbocycles. The molecule has 0 spiro atoms. The first-order valence-corrected chi connectivity index (χ1v) is 6.14. The first-order valence-electron chi connectivity index (χ1n) is 6.14. The van der Waals surface area contributed by atoms with Gasteiger partial charge in [-0.2, -0.15) is 0 Å². The standard InChI is InChI=1S/C12H20N2O/c1-3-11-5-13-7-12(4-2,10(11)15)8-14(6-11)9-13/h3-9H2,1-2H3. The number of ketones is 1. The largest absolute Gasteiger partial charge is 0.298 e. The lowest BCUT2D eigenvalue weighted by Crippen LogP contribution is -2.75. The summed E-state index contributed by atoms with van der Waals surface area (Å²) in [5.41, 5.74) is -0.0461. The van der Waals surface area contributed by atoms with E-state index in [-0.39, 0.29) is 10.8 Å². The van der Waals surface area contributed by atoms with E-state index in [0.29, 0.717) is 5.78 Å². The van der Waals surface area contributed by atoms with Crippen molar-refractivity contribution in [2.24, 2.45) is 10.8 Å². The summed E-state index contributed by atoms with van der Waals surface area (Å²) in [5.74, 6) is 0.576. The Labute approximate surface area is 91.4 Å². The Bertz CT molecular complexity index is 273. The molecule has 4 saturated heterocycles. The Morgan fingerprint density at radius 1 is 1.00 bits per heavy atom. The molecule has 0 atom stereocenters. The quantitative estimate of drug-likeness (QED) is 0.675. The fourth-order valence-corrected chi connectivity index (χ4v) is 4.02. The number of hydrogen-bond acceptors (Lipinski definition) is 3. The predicted molar refractivity (Wildman–Crippen MR) is 58.5 cm³/mol. The number of carbonyl (C=O) groups is 1. The van der Waals surface area contributed by atoms with Crippen LogP contribution in [-0.4, -0.2) is 48.4 Å². The molecular weight excluding hydrogens is 188 g/mol. The molecule has 0 aromatic carbocycles. The van der Waals surface area contributed by atoms with E-state index in [1.165, 1.54) is 0 Å². The number of Topliss-reactive ketones (excluding diaryl/α,β-unsaturated/α-hetero) is 1. The van der Waals surface area contributed by atoms with Crippen LogP contribution in [0, 0.1) is 10.8 Å². The molecule has 3 heteroatoms. The summed E-state index contributed by atoms with van der Waals surface area (Å²) in [5, 5.41) is 0. The van der Waals surface area contributed by atoms with Gasteiger partial charge in [-0.1, -0.05) is 13.8 Å². The molecular formula is C12H20N2O. The molecule has 4 bridgehead atoms. The van der Waals surface area contributed by atoms with E-state index in [9.17, 15) is 4.79 Å². The van der Waals surface area contributed by atoms with Crippen LogP contribution in [0.5, 0.6) is 0 Å². The van der Waals surface area contributed by atoms with E-state index in [4.69, 9.17) is 0 Å². The highest BCUT2D eigenvalue weighted by Crippen LogP contribution is 2.49. The van der Waals surface area contributed by atoms with Crippen molar-refractivity contribution in [3.63, 3.8) is 0 Å². The first-order chi connectivity index (χ1) is 7.14. The van der Waals surface area contributed by atoms with Crippen LogP contribution in [-0.2, 0) is 4.79 Å². The molecule has 4 heterocycles. The maximum atomic E-state index is 12.6. The van der Waals surface area contributed by atoms with E-state index < -0.39 is 0 Å². The van der Waals surface area contributed by atoms with Gasteiger partial charge in [-0.05, 0) is 12.8 Å². The number of nitrogens with zero attached hydrogens (tertiary/aromatic N) is 2. The van der Waals surface area contributed by atoms with Gasteiger partial charge in [-0.25, -0.2) is 0 Å². The fourth-order valence-electron chi connectivity index (χ4n) is 4.02. The second-order valence-electron chi connectivity index (χ2n) is 5.71. The molecule has 0 radical (unpaired) electrons. The van der Waals surface area contributed by atoms with Gasteiger partial charge in [0.05, 0.1) is 17.5 Å². The normalized spacial score (nSPS) is 52.5. The van der Waals surface area contributed by atoms with Gasteiger partial charge >= 0.3 is 0 Å². The van der Waals surface area contributed by atoms with Crippen molar-refractivity contribution >= 4 is 5.78 Å². The van der Waals surface area contributed by atoms with Gasteiger partial charge in [-0.15, -0.1) is 0 Å². The Balaban J connectivity index is 2.05. The molecule has 4 fully saturated rings. The van der Waals surface area contributed by atoms with Crippen LogP contribution < -0.4 is 0 Å². The van der Waals surface area contributed by atoms with Crippen LogP contribution in [0.1, 0.15) is 26.7 Å². The summed E-state index contributed by atoms with van der Waals surface area (Å²) in [4.78, 5) is 17.6. The number of hydrogen-bond donors (Lipinski definition) is 0. The summed E-state index contributed by atoms with van der Waals surface area (Å²) in [6, 6.07) is 0. The smallest absolute Gasteiger partial charge is 0.150 e. The minimum atomic E-state index is -0.0231. The van der Waals surface area contributed by atoms with Crippen LogP contribution in [0.25, 0.3) is 0 Å². The lowest BCUT2D eigenvalue weighted by molar-refractivity contribution is -0.184. The molecule has 4 aliphatic rings. The van der Waals surface area contributed by atoms with E-state index in [1.807, 2.05) is 0 Å². The zero-order valence-corrected chi connectivity index (χ0v) is 9.75. The van der Waals surface area contributed by atoms with Gasteiger partial charge in [0.25, 0.3) is 0 Å². The third-order valence-corrected chi connectivity index (χ3v) is 4.82. The lowest BCUT2D eigenvalue weighted by Gasteiger charge is -2.63. The van der Waals surface area contributed by atoms with Gasteiger partial charge in [0.15, 0.2) is 0 Å². The highest BCUT2D eigenvalue weighted by atomic mass is 16.1. The zero-order chi connectivity index (χ0) is 10.7. The van der Waals surface area contributed by atoms with E-state index >= 15 is 0 Å². The predicted octanol–water partition coefficient (Wildman–Crippen LogP) is 0.951. The van der Waals surface area contributed by atoms with Gasteiger partial charge < -0.3 is 0 Å². The molecule has 3 nitrogen and oxygen atoms in total. The second-order valence-corrected chi connectivity index (χ2v) is 5.71. The van der Waals surface area contributed by atoms with E-state index in [1.54, 1.807) is 0 Å². The van der Waals surface area contributed by atoms with Crippen molar-refractivity contribution in [2.75, 3.05) is 32.8 Å². The Hall–Kier alpha value is -0.410. The fraction of sp³-hybridized carbons (Fsp3) is 0.917. The van der Waals surface area contributed by atoms with E-state index in [0.717, 1.165) is 45.7 Å². The summed E-state index contributed by atoms with van der Waals surface area (Å²) in [7, 11) is 0.